The molecule has 0 bridgehead atoms. The number of aryl methyl sites for hydroxylation is 1. The molecule has 18 heavy (non-hydrogen) atoms. The van der Waals surface area contributed by atoms with Crippen LogP contribution < -0.4 is 5.32 Å². The van der Waals surface area contributed by atoms with Gasteiger partial charge < -0.3 is 5.32 Å². The van der Waals surface area contributed by atoms with Crippen LogP contribution >= 0.6 is 0 Å². The van der Waals surface area contributed by atoms with Gasteiger partial charge in [-0.3, -0.25) is 4.79 Å². The zero-order valence-corrected chi connectivity index (χ0v) is 9.85. The Hall–Kier alpha value is -2.30. The number of amides is 1. The minimum Gasteiger partial charge on any atom is -0.346 e. The number of hydrogen-bond donors (Lipinski definition) is 1. The van der Waals surface area contributed by atoms with Gasteiger partial charge in [-0.25, -0.2) is 14.4 Å². The molecule has 0 aliphatic carbocycles. The third-order valence-corrected chi connectivity index (χ3v) is 2.41. The maximum atomic E-state index is 13.3. The molecule has 5 heteroatoms. The second-order valence-electron chi connectivity index (χ2n) is 3.81. The molecule has 0 saturated carbocycles. The van der Waals surface area contributed by atoms with Crippen molar-refractivity contribution in [3.05, 3.63) is 59.4 Å². The molecule has 0 fully saturated rings. The Morgan fingerprint density at radius 3 is 2.83 bits per heavy atom. The van der Waals surface area contributed by atoms with E-state index in [4.69, 9.17) is 0 Å². The van der Waals surface area contributed by atoms with E-state index < -0.39 is 11.7 Å². The Bertz CT molecular complexity index is 572. The highest BCUT2D eigenvalue weighted by atomic mass is 19.1. The van der Waals surface area contributed by atoms with Crippen molar-refractivity contribution in [3.63, 3.8) is 0 Å². The van der Waals surface area contributed by atoms with Crippen molar-refractivity contribution >= 4 is 5.91 Å². The largest absolute Gasteiger partial charge is 0.346 e. The first kappa shape index (κ1) is 12.2. The highest BCUT2D eigenvalue weighted by Crippen LogP contribution is 2.06. The number of nitrogens with zero attached hydrogens (tertiary/aromatic N) is 2. The van der Waals surface area contributed by atoms with Crippen LogP contribution in [-0.2, 0) is 6.54 Å². The average molecular weight is 245 g/mol. The molecule has 0 spiro atoms. The monoisotopic (exact) mass is 245 g/mol. The number of carbonyl (C=O) groups excluding carboxylic acids is 1. The van der Waals surface area contributed by atoms with Crippen molar-refractivity contribution in [2.24, 2.45) is 0 Å². The average Bonchev–Trinajstić information content (AvgIpc) is 2.37. The molecule has 0 aliphatic rings. The molecule has 0 saturated heterocycles. The van der Waals surface area contributed by atoms with Crippen molar-refractivity contribution in [2.45, 2.75) is 13.5 Å². The normalized spacial score (nSPS) is 10.1. The summed E-state index contributed by atoms with van der Waals surface area (Å²) in [6.45, 7) is 2.08. The van der Waals surface area contributed by atoms with Crippen LogP contribution in [0.4, 0.5) is 4.39 Å². The van der Waals surface area contributed by atoms with Gasteiger partial charge in [-0.05, 0) is 25.1 Å². The van der Waals surface area contributed by atoms with Gasteiger partial charge in [0, 0.05) is 5.69 Å². The Kier molecular flexibility index (Phi) is 3.62. The summed E-state index contributed by atoms with van der Waals surface area (Å²) in [6.07, 6.45) is 1.43. The molecule has 1 aromatic carbocycles. The Labute approximate surface area is 104 Å². The topological polar surface area (TPSA) is 54.9 Å². The van der Waals surface area contributed by atoms with E-state index in [-0.39, 0.29) is 12.1 Å². The van der Waals surface area contributed by atoms with Gasteiger partial charge in [-0.1, -0.05) is 12.1 Å². The number of carbonyl (C=O) groups is 1. The van der Waals surface area contributed by atoms with Gasteiger partial charge in [-0.15, -0.1) is 0 Å². The zero-order chi connectivity index (χ0) is 13.0. The minimum atomic E-state index is -0.533. The van der Waals surface area contributed by atoms with E-state index in [1.807, 2.05) is 6.92 Å². The summed E-state index contributed by atoms with van der Waals surface area (Å²) in [6, 6.07) is 7.62. The van der Waals surface area contributed by atoms with Gasteiger partial charge in [0.15, 0.2) is 0 Å². The summed E-state index contributed by atoms with van der Waals surface area (Å²) in [5.74, 6) is -0.988. The number of benzene rings is 1. The molecule has 0 radical (unpaired) electrons. The molecule has 1 aromatic heterocycles. The summed E-state index contributed by atoms with van der Waals surface area (Å²) in [4.78, 5) is 19.7. The number of nitrogens with one attached hydrogen (secondary N) is 1. The third kappa shape index (κ3) is 2.88. The SMILES string of the molecule is Cc1cc(CNC(=O)c2ccccc2F)ncn1. The number of hydrogen-bond acceptors (Lipinski definition) is 3. The van der Waals surface area contributed by atoms with Crippen LogP contribution in [0.5, 0.6) is 0 Å². The predicted molar refractivity (Wildman–Crippen MR) is 64.3 cm³/mol. The summed E-state index contributed by atoms with van der Waals surface area (Å²) < 4.78 is 13.3. The van der Waals surface area contributed by atoms with Crippen LogP contribution in [0.25, 0.3) is 0 Å². The quantitative estimate of drug-likeness (QED) is 0.897. The summed E-state index contributed by atoms with van der Waals surface area (Å²) in [7, 11) is 0. The third-order valence-electron chi connectivity index (χ3n) is 2.41. The zero-order valence-electron chi connectivity index (χ0n) is 9.85. The molecule has 1 heterocycles. The fourth-order valence-electron chi connectivity index (χ4n) is 1.52. The van der Waals surface area contributed by atoms with Gasteiger partial charge in [0.05, 0.1) is 17.8 Å². The van der Waals surface area contributed by atoms with Gasteiger partial charge in [0.1, 0.15) is 12.1 Å². The van der Waals surface area contributed by atoms with Gasteiger partial charge in [0.2, 0.25) is 0 Å². The smallest absolute Gasteiger partial charge is 0.254 e. The van der Waals surface area contributed by atoms with E-state index in [0.717, 1.165) is 5.69 Å². The molecule has 2 aromatic rings. The maximum absolute atomic E-state index is 13.3. The van der Waals surface area contributed by atoms with Crippen molar-refractivity contribution in [1.29, 1.82) is 0 Å². The first-order chi connectivity index (χ1) is 8.66. The summed E-state index contributed by atoms with van der Waals surface area (Å²) in [5.41, 5.74) is 1.54. The predicted octanol–water partition coefficient (Wildman–Crippen LogP) is 1.85. The van der Waals surface area contributed by atoms with Gasteiger partial charge >= 0.3 is 0 Å². The number of aromatic nitrogens is 2. The lowest BCUT2D eigenvalue weighted by molar-refractivity contribution is 0.0946. The Balaban J connectivity index is 2.03. The molecule has 2 rings (SSSR count). The standard InChI is InChI=1S/C13H12FN3O/c1-9-6-10(17-8-16-9)7-15-13(18)11-4-2-3-5-12(11)14/h2-6,8H,7H2,1H3,(H,15,18). The van der Waals surface area contributed by atoms with E-state index in [2.05, 4.69) is 15.3 Å². The molecular weight excluding hydrogens is 233 g/mol. The minimum absolute atomic E-state index is 0.0308. The van der Waals surface area contributed by atoms with E-state index >= 15 is 0 Å². The Morgan fingerprint density at radius 2 is 2.11 bits per heavy atom. The van der Waals surface area contributed by atoms with Crippen molar-refractivity contribution in [3.8, 4) is 0 Å². The lowest BCUT2D eigenvalue weighted by Gasteiger charge is -2.05. The fourth-order valence-corrected chi connectivity index (χ4v) is 1.52. The van der Waals surface area contributed by atoms with Gasteiger partial charge in [0.25, 0.3) is 5.91 Å². The van der Waals surface area contributed by atoms with E-state index in [9.17, 15) is 9.18 Å². The first-order valence-corrected chi connectivity index (χ1v) is 5.47. The van der Waals surface area contributed by atoms with Crippen LogP contribution in [0.2, 0.25) is 0 Å². The van der Waals surface area contributed by atoms with Crippen LogP contribution in [0.1, 0.15) is 21.7 Å². The molecule has 0 atom stereocenters. The molecule has 0 unspecified atom stereocenters. The molecule has 0 aliphatic heterocycles. The second-order valence-corrected chi connectivity index (χ2v) is 3.81. The molecule has 1 amide bonds. The van der Waals surface area contributed by atoms with E-state index in [1.165, 1.54) is 18.5 Å². The Morgan fingerprint density at radius 1 is 1.33 bits per heavy atom. The lowest BCUT2D eigenvalue weighted by Crippen LogP contribution is -2.24. The van der Waals surface area contributed by atoms with Crippen molar-refractivity contribution in [1.82, 2.24) is 15.3 Å². The van der Waals surface area contributed by atoms with E-state index in [0.29, 0.717) is 5.69 Å². The first-order valence-electron chi connectivity index (χ1n) is 5.47. The molecule has 1 N–H and O–H groups in total. The van der Waals surface area contributed by atoms with E-state index in [1.54, 1.807) is 18.2 Å². The van der Waals surface area contributed by atoms with Crippen molar-refractivity contribution < 1.29 is 9.18 Å². The summed E-state index contributed by atoms with van der Waals surface area (Å²) in [5, 5.41) is 2.61. The van der Waals surface area contributed by atoms with Crippen LogP contribution in [0.15, 0.2) is 36.7 Å². The van der Waals surface area contributed by atoms with Crippen LogP contribution in [-0.4, -0.2) is 15.9 Å². The second kappa shape index (κ2) is 5.35. The highest BCUT2D eigenvalue weighted by Gasteiger charge is 2.10. The highest BCUT2D eigenvalue weighted by molar-refractivity contribution is 5.94. The molecular formula is C13H12FN3O. The number of rotatable bonds is 3. The maximum Gasteiger partial charge on any atom is 0.254 e. The molecule has 4 nitrogen and oxygen atoms in total. The van der Waals surface area contributed by atoms with Crippen molar-refractivity contribution in [2.75, 3.05) is 0 Å². The fraction of sp³-hybridized carbons (Fsp3) is 0.154. The number of halogens is 1. The summed E-state index contributed by atoms with van der Waals surface area (Å²) >= 11 is 0. The lowest BCUT2D eigenvalue weighted by atomic mass is 10.2. The molecule has 92 valence electrons. The van der Waals surface area contributed by atoms with Gasteiger partial charge in [-0.2, -0.15) is 0 Å². The van der Waals surface area contributed by atoms with Crippen LogP contribution in [0.3, 0.4) is 0 Å². The van der Waals surface area contributed by atoms with Crippen LogP contribution in [0, 0.1) is 12.7 Å².